The van der Waals surface area contributed by atoms with Gasteiger partial charge in [-0.05, 0) is 19.9 Å². The molecule has 0 aromatic carbocycles. The van der Waals surface area contributed by atoms with E-state index >= 15 is 0 Å². The van der Waals surface area contributed by atoms with E-state index in [0.717, 1.165) is 0 Å². The summed E-state index contributed by atoms with van der Waals surface area (Å²) >= 11 is 0. The Hall–Kier alpha value is -1.86. The first-order chi connectivity index (χ1) is 8.92. The first kappa shape index (κ1) is 16.2. The zero-order valence-corrected chi connectivity index (χ0v) is 12.3. The van der Waals surface area contributed by atoms with E-state index in [1.807, 2.05) is 0 Å². The SMILES string of the molecule is CC(=O)NC(C)(C)c1noc(-c2coc(CN)c2)n1.Cl. The Bertz CT molecular complexity index is 591. The molecule has 2 aromatic heterocycles. The molecule has 0 aliphatic carbocycles. The summed E-state index contributed by atoms with van der Waals surface area (Å²) in [5.41, 5.74) is 5.43. The van der Waals surface area contributed by atoms with Crippen LogP contribution in [0.1, 0.15) is 32.4 Å². The molecule has 2 heterocycles. The second-order valence-electron chi connectivity index (χ2n) is 4.74. The molecule has 0 aliphatic heterocycles. The van der Waals surface area contributed by atoms with Gasteiger partial charge in [0.05, 0.1) is 17.6 Å². The summed E-state index contributed by atoms with van der Waals surface area (Å²) in [6, 6.07) is 1.74. The third-order valence-electron chi connectivity index (χ3n) is 2.58. The van der Waals surface area contributed by atoms with E-state index in [-0.39, 0.29) is 18.3 Å². The van der Waals surface area contributed by atoms with Crippen LogP contribution in [0.5, 0.6) is 0 Å². The topological polar surface area (TPSA) is 107 Å². The van der Waals surface area contributed by atoms with Crippen molar-refractivity contribution < 1.29 is 13.7 Å². The number of carbonyl (C=O) groups excluding carboxylic acids is 1. The Balaban J connectivity index is 0.00000200. The zero-order chi connectivity index (χ0) is 14.0. The van der Waals surface area contributed by atoms with Crippen LogP contribution < -0.4 is 11.1 Å². The number of rotatable bonds is 4. The van der Waals surface area contributed by atoms with Crippen molar-refractivity contribution in [3.63, 3.8) is 0 Å². The number of nitrogens with one attached hydrogen (secondary N) is 1. The lowest BCUT2D eigenvalue weighted by atomic mass is 10.1. The lowest BCUT2D eigenvalue weighted by Gasteiger charge is -2.20. The van der Waals surface area contributed by atoms with Gasteiger partial charge in [-0.3, -0.25) is 4.79 Å². The van der Waals surface area contributed by atoms with Gasteiger partial charge in [0.1, 0.15) is 12.0 Å². The molecule has 0 aliphatic rings. The van der Waals surface area contributed by atoms with Crippen molar-refractivity contribution in [2.24, 2.45) is 5.73 Å². The second kappa shape index (κ2) is 6.06. The third-order valence-corrected chi connectivity index (χ3v) is 2.58. The summed E-state index contributed by atoms with van der Waals surface area (Å²) in [6.07, 6.45) is 1.50. The van der Waals surface area contributed by atoms with E-state index in [2.05, 4.69) is 15.5 Å². The van der Waals surface area contributed by atoms with E-state index in [9.17, 15) is 4.79 Å². The predicted molar refractivity (Wildman–Crippen MR) is 74.0 cm³/mol. The first-order valence-electron chi connectivity index (χ1n) is 5.83. The maximum Gasteiger partial charge on any atom is 0.261 e. The van der Waals surface area contributed by atoms with Gasteiger partial charge >= 0.3 is 0 Å². The highest BCUT2D eigenvalue weighted by Gasteiger charge is 2.28. The van der Waals surface area contributed by atoms with Gasteiger partial charge in [0.2, 0.25) is 5.91 Å². The fourth-order valence-corrected chi connectivity index (χ4v) is 1.69. The maximum atomic E-state index is 11.1. The molecule has 0 fully saturated rings. The van der Waals surface area contributed by atoms with E-state index in [1.165, 1.54) is 13.2 Å². The zero-order valence-electron chi connectivity index (χ0n) is 11.5. The summed E-state index contributed by atoms with van der Waals surface area (Å²) in [4.78, 5) is 15.4. The molecule has 110 valence electrons. The Labute approximate surface area is 122 Å². The molecule has 0 saturated carbocycles. The van der Waals surface area contributed by atoms with Crippen molar-refractivity contribution in [2.45, 2.75) is 32.9 Å². The fraction of sp³-hybridized carbons (Fsp3) is 0.417. The normalized spacial score (nSPS) is 11.0. The molecule has 8 heteroatoms. The average Bonchev–Trinajstić information content (AvgIpc) is 2.96. The molecule has 0 spiro atoms. The van der Waals surface area contributed by atoms with Crippen molar-refractivity contribution in [1.82, 2.24) is 15.5 Å². The summed E-state index contributed by atoms with van der Waals surface area (Å²) in [6.45, 7) is 5.33. The third kappa shape index (κ3) is 3.37. The number of carbonyl (C=O) groups is 1. The quantitative estimate of drug-likeness (QED) is 0.887. The monoisotopic (exact) mass is 300 g/mol. The minimum atomic E-state index is -0.700. The van der Waals surface area contributed by atoms with E-state index in [4.69, 9.17) is 14.7 Å². The predicted octanol–water partition coefficient (Wildman–Crippen LogP) is 1.58. The van der Waals surface area contributed by atoms with Crippen LogP contribution in [0, 0.1) is 0 Å². The Morgan fingerprint density at radius 2 is 2.20 bits per heavy atom. The van der Waals surface area contributed by atoms with Gasteiger partial charge in [-0.1, -0.05) is 5.16 Å². The van der Waals surface area contributed by atoms with E-state index in [0.29, 0.717) is 29.6 Å². The fourth-order valence-electron chi connectivity index (χ4n) is 1.69. The molecular weight excluding hydrogens is 284 g/mol. The Morgan fingerprint density at radius 1 is 1.50 bits per heavy atom. The van der Waals surface area contributed by atoms with Gasteiger partial charge in [-0.15, -0.1) is 12.4 Å². The van der Waals surface area contributed by atoms with Crippen LogP contribution in [0.25, 0.3) is 11.5 Å². The Kier molecular flexibility index (Phi) is 4.91. The standard InChI is InChI=1S/C12H16N4O3.ClH/c1-7(17)15-12(2,3)11-14-10(19-16-11)8-4-9(5-13)18-6-8;/h4,6H,5,13H2,1-3H3,(H,15,17);1H. The lowest BCUT2D eigenvalue weighted by Crippen LogP contribution is -2.40. The number of nitrogens with two attached hydrogens (primary N) is 1. The summed E-state index contributed by atoms with van der Waals surface area (Å²) < 4.78 is 10.4. The number of nitrogens with zero attached hydrogens (tertiary/aromatic N) is 2. The number of amides is 1. The molecule has 0 unspecified atom stereocenters. The van der Waals surface area contributed by atoms with Gasteiger partial charge in [-0.2, -0.15) is 4.98 Å². The molecule has 0 atom stereocenters. The number of halogens is 1. The van der Waals surface area contributed by atoms with E-state index in [1.54, 1.807) is 19.9 Å². The summed E-state index contributed by atoms with van der Waals surface area (Å²) in [5, 5.41) is 6.63. The minimum absolute atomic E-state index is 0. The van der Waals surface area contributed by atoms with Crippen LogP contribution in [0.2, 0.25) is 0 Å². The van der Waals surface area contributed by atoms with Crippen LogP contribution in [0.4, 0.5) is 0 Å². The van der Waals surface area contributed by atoms with Gasteiger partial charge in [0.25, 0.3) is 5.89 Å². The first-order valence-corrected chi connectivity index (χ1v) is 5.83. The van der Waals surface area contributed by atoms with Crippen LogP contribution >= 0.6 is 12.4 Å². The molecule has 2 aromatic rings. The average molecular weight is 301 g/mol. The van der Waals surface area contributed by atoms with Crippen molar-refractivity contribution in [3.05, 3.63) is 23.9 Å². The minimum Gasteiger partial charge on any atom is -0.467 e. The van der Waals surface area contributed by atoms with Crippen LogP contribution in [-0.2, 0) is 16.9 Å². The maximum absolute atomic E-state index is 11.1. The molecular formula is C12H17ClN4O3. The van der Waals surface area contributed by atoms with Gasteiger partial charge < -0.3 is 20.0 Å². The van der Waals surface area contributed by atoms with Gasteiger partial charge in [-0.25, -0.2) is 0 Å². The molecule has 0 saturated heterocycles. The molecule has 1 amide bonds. The molecule has 7 nitrogen and oxygen atoms in total. The summed E-state index contributed by atoms with van der Waals surface area (Å²) in [5.74, 6) is 1.20. The highest BCUT2D eigenvalue weighted by atomic mass is 35.5. The van der Waals surface area contributed by atoms with E-state index < -0.39 is 5.54 Å². The molecule has 3 N–H and O–H groups in total. The molecule has 2 rings (SSSR count). The Morgan fingerprint density at radius 3 is 2.75 bits per heavy atom. The van der Waals surface area contributed by atoms with Crippen molar-refractivity contribution in [2.75, 3.05) is 0 Å². The molecule has 0 radical (unpaired) electrons. The lowest BCUT2D eigenvalue weighted by molar-refractivity contribution is -0.120. The van der Waals surface area contributed by atoms with Crippen LogP contribution in [0.3, 0.4) is 0 Å². The van der Waals surface area contributed by atoms with Gasteiger partial charge in [0.15, 0.2) is 5.82 Å². The van der Waals surface area contributed by atoms with Gasteiger partial charge in [0, 0.05) is 6.92 Å². The highest BCUT2D eigenvalue weighted by Crippen LogP contribution is 2.23. The smallest absolute Gasteiger partial charge is 0.261 e. The van der Waals surface area contributed by atoms with Crippen molar-refractivity contribution in [3.8, 4) is 11.5 Å². The molecule has 20 heavy (non-hydrogen) atoms. The number of hydrogen-bond donors (Lipinski definition) is 2. The largest absolute Gasteiger partial charge is 0.467 e. The number of hydrogen-bond acceptors (Lipinski definition) is 6. The molecule has 0 bridgehead atoms. The van der Waals surface area contributed by atoms with Crippen LogP contribution in [-0.4, -0.2) is 16.0 Å². The van der Waals surface area contributed by atoms with Crippen molar-refractivity contribution >= 4 is 18.3 Å². The van der Waals surface area contributed by atoms with Crippen molar-refractivity contribution in [1.29, 1.82) is 0 Å². The number of furan rings is 1. The number of aromatic nitrogens is 2. The summed E-state index contributed by atoms with van der Waals surface area (Å²) in [7, 11) is 0. The second-order valence-corrected chi connectivity index (χ2v) is 4.74. The van der Waals surface area contributed by atoms with Crippen LogP contribution in [0.15, 0.2) is 21.3 Å². The highest BCUT2D eigenvalue weighted by molar-refractivity contribution is 5.85.